The number of amides is 1. The molecule has 0 unspecified atom stereocenters. The highest BCUT2D eigenvalue weighted by molar-refractivity contribution is 7.89. The van der Waals surface area contributed by atoms with Gasteiger partial charge in [0.25, 0.3) is 5.91 Å². The Labute approximate surface area is 197 Å². The zero-order valence-corrected chi connectivity index (χ0v) is 19.7. The molecule has 1 N–H and O–H groups in total. The van der Waals surface area contributed by atoms with E-state index in [2.05, 4.69) is 9.62 Å². The first kappa shape index (κ1) is 24.1. The average Bonchev–Trinajstić information content (AvgIpc) is 3.24. The van der Waals surface area contributed by atoms with Gasteiger partial charge in [0.15, 0.2) is 0 Å². The number of piperazine rings is 1. The highest BCUT2D eigenvalue weighted by atomic mass is 32.2. The summed E-state index contributed by atoms with van der Waals surface area (Å²) in [6, 6.07) is 13.6. The Morgan fingerprint density at radius 1 is 0.912 bits per heavy atom. The van der Waals surface area contributed by atoms with Crippen LogP contribution in [0.3, 0.4) is 0 Å². The molecule has 4 rings (SSSR count). The van der Waals surface area contributed by atoms with E-state index in [4.69, 9.17) is 0 Å². The summed E-state index contributed by atoms with van der Waals surface area (Å²) in [7, 11) is -0.697. The van der Waals surface area contributed by atoms with Crippen LogP contribution < -0.4 is 4.72 Å². The van der Waals surface area contributed by atoms with Crippen molar-refractivity contribution in [2.75, 3.05) is 33.2 Å². The molecule has 1 amide bonds. The van der Waals surface area contributed by atoms with E-state index in [-0.39, 0.29) is 34.2 Å². The van der Waals surface area contributed by atoms with Gasteiger partial charge in [-0.25, -0.2) is 21.9 Å². The number of benzene rings is 2. The van der Waals surface area contributed by atoms with Crippen LogP contribution in [0, 0.1) is 11.6 Å². The van der Waals surface area contributed by atoms with E-state index in [9.17, 15) is 22.0 Å². The number of hydrogen-bond donors (Lipinski definition) is 1. The molecule has 0 saturated carbocycles. The van der Waals surface area contributed by atoms with Crippen LogP contribution in [0.4, 0.5) is 8.78 Å². The van der Waals surface area contributed by atoms with Gasteiger partial charge in [0, 0.05) is 39.4 Å². The number of halogens is 2. The molecule has 2 heterocycles. The molecule has 0 atom stereocenters. The second kappa shape index (κ2) is 9.65. The first-order valence-electron chi connectivity index (χ1n) is 10.8. The molecule has 34 heavy (non-hydrogen) atoms. The molecule has 3 aromatic rings. The maximum absolute atomic E-state index is 13.5. The van der Waals surface area contributed by atoms with Crippen molar-refractivity contribution < 1.29 is 22.0 Å². The van der Waals surface area contributed by atoms with E-state index in [1.807, 2.05) is 0 Å². The first-order valence-corrected chi connectivity index (χ1v) is 12.3. The molecule has 7 nitrogen and oxygen atoms in total. The molecule has 1 saturated heterocycles. The van der Waals surface area contributed by atoms with Crippen LogP contribution in [0.15, 0.2) is 65.7 Å². The SMILES string of the molecule is CNS(=O)(=O)c1cc(C(=O)N2CCN(C(c3ccc(F)cc3)c3ccc(F)cc3)CC2)n(C)c1. The molecule has 0 radical (unpaired) electrons. The summed E-state index contributed by atoms with van der Waals surface area (Å²) >= 11 is 0. The van der Waals surface area contributed by atoms with Crippen LogP contribution >= 0.6 is 0 Å². The largest absolute Gasteiger partial charge is 0.345 e. The molecular weight excluding hydrogens is 462 g/mol. The molecule has 0 aliphatic carbocycles. The van der Waals surface area contributed by atoms with E-state index in [1.54, 1.807) is 36.2 Å². The minimum absolute atomic E-state index is 0.0344. The zero-order valence-electron chi connectivity index (χ0n) is 18.9. The monoisotopic (exact) mass is 488 g/mol. The van der Waals surface area contributed by atoms with Gasteiger partial charge in [0.1, 0.15) is 22.2 Å². The van der Waals surface area contributed by atoms with Crippen LogP contribution in [0.25, 0.3) is 0 Å². The van der Waals surface area contributed by atoms with Gasteiger partial charge in [-0.15, -0.1) is 0 Å². The predicted octanol–water partition coefficient (Wildman–Crippen LogP) is 2.76. The van der Waals surface area contributed by atoms with Gasteiger partial charge < -0.3 is 9.47 Å². The zero-order chi connectivity index (χ0) is 24.5. The summed E-state index contributed by atoms with van der Waals surface area (Å²) in [6.45, 7) is 1.93. The van der Waals surface area contributed by atoms with Gasteiger partial charge in [-0.05, 0) is 48.5 Å². The van der Waals surface area contributed by atoms with Crippen LogP contribution in [0.5, 0.6) is 0 Å². The van der Waals surface area contributed by atoms with Crippen LogP contribution in [0.2, 0.25) is 0 Å². The Bertz CT molecular complexity index is 1220. The smallest absolute Gasteiger partial charge is 0.270 e. The van der Waals surface area contributed by atoms with Crippen molar-refractivity contribution in [1.82, 2.24) is 19.1 Å². The molecule has 10 heteroatoms. The number of nitrogens with one attached hydrogen (secondary N) is 1. The van der Waals surface area contributed by atoms with Crippen molar-refractivity contribution in [2.45, 2.75) is 10.9 Å². The van der Waals surface area contributed by atoms with Crippen molar-refractivity contribution in [3.8, 4) is 0 Å². The summed E-state index contributed by atoms with van der Waals surface area (Å²) in [4.78, 5) is 17.0. The molecular formula is C24H26F2N4O3S. The number of aryl methyl sites for hydroxylation is 1. The Morgan fingerprint density at radius 3 is 1.88 bits per heavy atom. The standard InChI is InChI=1S/C24H26F2N4O3S/c1-27-34(32,33)21-15-22(28(2)16-21)24(31)30-13-11-29(12-14-30)23(17-3-7-19(25)8-4-17)18-5-9-20(26)10-6-18/h3-10,15-16,23,27H,11-14H2,1-2H3. The van der Waals surface area contributed by atoms with Gasteiger partial charge in [-0.2, -0.15) is 0 Å². The Balaban J connectivity index is 1.53. The normalized spacial score (nSPS) is 15.1. The number of sulfonamides is 1. The van der Waals surface area contributed by atoms with E-state index in [1.165, 1.54) is 48.1 Å². The Hall–Kier alpha value is -3.08. The summed E-state index contributed by atoms with van der Waals surface area (Å²) in [5, 5.41) is 0. The summed E-state index contributed by atoms with van der Waals surface area (Å²) < 4.78 is 55.0. The highest BCUT2D eigenvalue weighted by Gasteiger charge is 2.30. The van der Waals surface area contributed by atoms with Crippen LogP contribution in [0.1, 0.15) is 27.7 Å². The Morgan fingerprint density at radius 2 is 1.41 bits per heavy atom. The van der Waals surface area contributed by atoms with Crippen molar-refractivity contribution in [1.29, 1.82) is 0 Å². The fraction of sp³-hybridized carbons (Fsp3) is 0.292. The topological polar surface area (TPSA) is 74.7 Å². The molecule has 180 valence electrons. The van der Waals surface area contributed by atoms with Gasteiger partial charge in [-0.3, -0.25) is 9.69 Å². The maximum atomic E-state index is 13.5. The van der Waals surface area contributed by atoms with E-state index in [0.29, 0.717) is 26.2 Å². The summed E-state index contributed by atoms with van der Waals surface area (Å²) in [5.41, 5.74) is 2.03. The predicted molar refractivity (Wildman–Crippen MR) is 124 cm³/mol. The molecule has 1 aliphatic heterocycles. The Kier molecular flexibility index (Phi) is 6.83. The van der Waals surface area contributed by atoms with E-state index >= 15 is 0 Å². The summed E-state index contributed by atoms with van der Waals surface area (Å²) in [5.74, 6) is -0.918. The molecule has 1 fully saturated rings. The van der Waals surface area contributed by atoms with E-state index < -0.39 is 10.0 Å². The molecule has 1 aromatic heterocycles. The van der Waals surface area contributed by atoms with Crippen molar-refractivity contribution in [3.05, 3.63) is 89.2 Å². The first-order chi connectivity index (χ1) is 16.2. The fourth-order valence-corrected chi connectivity index (χ4v) is 5.06. The number of carbonyl (C=O) groups is 1. The lowest BCUT2D eigenvalue weighted by Gasteiger charge is -2.39. The van der Waals surface area contributed by atoms with Crippen LogP contribution in [-0.4, -0.2) is 61.9 Å². The van der Waals surface area contributed by atoms with Crippen molar-refractivity contribution >= 4 is 15.9 Å². The highest BCUT2D eigenvalue weighted by Crippen LogP contribution is 2.30. The van der Waals surface area contributed by atoms with Crippen molar-refractivity contribution in [3.63, 3.8) is 0 Å². The number of nitrogens with zero attached hydrogens (tertiary/aromatic N) is 3. The third kappa shape index (κ3) is 4.89. The quantitative estimate of drug-likeness (QED) is 0.579. The van der Waals surface area contributed by atoms with Gasteiger partial charge >= 0.3 is 0 Å². The second-order valence-electron chi connectivity index (χ2n) is 8.21. The molecule has 1 aliphatic rings. The number of rotatable bonds is 6. The van der Waals surface area contributed by atoms with Gasteiger partial charge in [0.05, 0.1) is 6.04 Å². The molecule has 0 bridgehead atoms. The minimum atomic E-state index is -3.65. The third-order valence-electron chi connectivity index (χ3n) is 6.12. The minimum Gasteiger partial charge on any atom is -0.345 e. The van der Waals surface area contributed by atoms with E-state index in [0.717, 1.165) is 11.1 Å². The number of hydrogen-bond acceptors (Lipinski definition) is 4. The lowest BCUT2D eigenvalue weighted by Crippen LogP contribution is -2.50. The summed E-state index contributed by atoms with van der Waals surface area (Å²) in [6.07, 6.45) is 1.41. The van der Waals surface area contributed by atoms with Gasteiger partial charge in [0.2, 0.25) is 10.0 Å². The number of aromatic nitrogens is 1. The lowest BCUT2D eigenvalue weighted by atomic mass is 9.96. The third-order valence-corrected chi connectivity index (χ3v) is 7.50. The lowest BCUT2D eigenvalue weighted by molar-refractivity contribution is 0.0588. The second-order valence-corrected chi connectivity index (χ2v) is 10.1. The van der Waals surface area contributed by atoms with Crippen LogP contribution in [-0.2, 0) is 17.1 Å². The average molecular weight is 489 g/mol. The number of carbonyl (C=O) groups excluding carboxylic acids is 1. The molecule has 0 spiro atoms. The fourth-order valence-electron chi connectivity index (χ4n) is 4.26. The van der Waals surface area contributed by atoms with Crippen molar-refractivity contribution in [2.24, 2.45) is 7.05 Å². The molecule has 2 aromatic carbocycles. The van der Waals surface area contributed by atoms with Gasteiger partial charge in [-0.1, -0.05) is 24.3 Å². The maximum Gasteiger partial charge on any atom is 0.270 e.